The molecule has 82 valence electrons. The van der Waals surface area contributed by atoms with Crippen molar-refractivity contribution in [2.24, 2.45) is 17.8 Å². The molecule has 4 heteroatoms. The van der Waals surface area contributed by atoms with Crippen molar-refractivity contribution in [1.29, 1.82) is 0 Å². The van der Waals surface area contributed by atoms with Crippen molar-refractivity contribution in [3.63, 3.8) is 0 Å². The van der Waals surface area contributed by atoms with Crippen molar-refractivity contribution in [2.75, 3.05) is 7.05 Å². The lowest BCUT2D eigenvalue weighted by atomic mass is 9.88. The van der Waals surface area contributed by atoms with Crippen LogP contribution in [0.1, 0.15) is 13.3 Å². The Hall–Kier alpha value is -1.32. The normalized spacial score (nSPS) is 36.7. The highest BCUT2D eigenvalue weighted by atomic mass is 16.2. The van der Waals surface area contributed by atoms with E-state index >= 15 is 0 Å². The first-order valence-corrected chi connectivity index (χ1v) is 5.30. The Kier molecular flexibility index (Phi) is 2.50. The number of carbonyl (C=O) groups excluding carboxylic acids is 2. The van der Waals surface area contributed by atoms with Gasteiger partial charge in [-0.1, -0.05) is 12.2 Å². The van der Waals surface area contributed by atoms with Gasteiger partial charge in [0.25, 0.3) is 0 Å². The molecule has 0 saturated heterocycles. The number of carbonyl (C=O) groups is 2. The first kappa shape index (κ1) is 10.2. The Morgan fingerprint density at radius 3 is 2.53 bits per heavy atom. The lowest BCUT2D eigenvalue weighted by Gasteiger charge is -2.27. The number of hydrogen-bond donors (Lipinski definition) is 2. The molecule has 4 nitrogen and oxygen atoms in total. The predicted molar refractivity (Wildman–Crippen MR) is 55.9 cm³/mol. The summed E-state index contributed by atoms with van der Waals surface area (Å²) in [6.07, 6.45) is 5.20. The van der Waals surface area contributed by atoms with Crippen molar-refractivity contribution < 1.29 is 9.59 Å². The number of fused-ring (bicyclic) bond motifs is 2. The van der Waals surface area contributed by atoms with Gasteiger partial charge in [-0.05, 0) is 18.3 Å². The molecular formula is C11H16N2O2. The van der Waals surface area contributed by atoms with E-state index in [0.29, 0.717) is 11.8 Å². The summed E-state index contributed by atoms with van der Waals surface area (Å²) in [5.74, 6) is 0.516. The van der Waals surface area contributed by atoms with Crippen molar-refractivity contribution in [3.05, 3.63) is 12.2 Å². The number of allylic oxidation sites excluding steroid dienone is 1. The van der Waals surface area contributed by atoms with Gasteiger partial charge >= 0.3 is 0 Å². The van der Waals surface area contributed by atoms with Crippen molar-refractivity contribution in [1.82, 2.24) is 10.6 Å². The fourth-order valence-electron chi connectivity index (χ4n) is 2.78. The number of nitrogens with one attached hydrogen (secondary N) is 2. The van der Waals surface area contributed by atoms with Gasteiger partial charge in [0, 0.05) is 20.0 Å². The van der Waals surface area contributed by atoms with Crippen LogP contribution in [0, 0.1) is 17.8 Å². The minimum absolute atomic E-state index is 0.0163. The van der Waals surface area contributed by atoms with E-state index < -0.39 is 0 Å². The highest BCUT2D eigenvalue weighted by molar-refractivity contribution is 5.82. The van der Waals surface area contributed by atoms with E-state index in [1.54, 1.807) is 7.05 Å². The number of amides is 2. The molecule has 0 spiro atoms. The van der Waals surface area contributed by atoms with Gasteiger partial charge in [0.05, 0.1) is 5.92 Å². The van der Waals surface area contributed by atoms with Crippen LogP contribution in [0.2, 0.25) is 0 Å². The van der Waals surface area contributed by atoms with Gasteiger partial charge in [-0.2, -0.15) is 0 Å². The van der Waals surface area contributed by atoms with E-state index in [0.717, 1.165) is 6.42 Å². The van der Waals surface area contributed by atoms with Crippen LogP contribution < -0.4 is 10.6 Å². The molecule has 0 aromatic carbocycles. The number of rotatable bonds is 2. The second-order valence-corrected chi connectivity index (χ2v) is 4.31. The zero-order chi connectivity index (χ0) is 11.0. The smallest absolute Gasteiger partial charge is 0.225 e. The SMILES string of the molecule is CNC(=O)[C@@H]1[C@H](NC(C)=O)[C@H]2C=C[C@@H]1C2. The first-order valence-electron chi connectivity index (χ1n) is 5.30. The van der Waals surface area contributed by atoms with Crippen LogP contribution in [0.3, 0.4) is 0 Å². The molecule has 2 bridgehead atoms. The van der Waals surface area contributed by atoms with Crippen molar-refractivity contribution >= 4 is 11.8 Å². The van der Waals surface area contributed by atoms with E-state index in [4.69, 9.17) is 0 Å². The molecular weight excluding hydrogens is 192 g/mol. The fraction of sp³-hybridized carbons (Fsp3) is 0.636. The molecule has 2 rings (SSSR count). The molecule has 4 atom stereocenters. The Morgan fingerprint density at radius 2 is 1.93 bits per heavy atom. The third-order valence-electron chi connectivity index (χ3n) is 3.38. The minimum atomic E-state index is -0.0890. The molecule has 1 saturated carbocycles. The summed E-state index contributed by atoms with van der Waals surface area (Å²) >= 11 is 0. The lowest BCUT2D eigenvalue weighted by molar-refractivity contribution is -0.126. The molecule has 0 unspecified atom stereocenters. The van der Waals surface area contributed by atoms with Crippen LogP contribution in [0.25, 0.3) is 0 Å². The Balaban J connectivity index is 2.16. The van der Waals surface area contributed by atoms with Crippen molar-refractivity contribution in [3.8, 4) is 0 Å². The summed E-state index contributed by atoms with van der Waals surface area (Å²) in [4.78, 5) is 22.8. The Morgan fingerprint density at radius 1 is 1.27 bits per heavy atom. The maximum absolute atomic E-state index is 11.7. The van der Waals surface area contributed by atoms with Gasteiger partial charge in [0.1, 0.15) is 0 Å². The highest BCUT2D eigenvalue weighted by Gasteiger charge is 2.48. The maximum atomic E-state index is 11.7. The van der Waals surface area contributed by atoms with E-state index in [2.05, 4.69) is 22.8 Å². The van der Waals surface area contributed by atoms with Crippen LogP contribution in [-0.2, 0) is 9.59 Å². The van der Waals surface area contributed by atoms with Crippen LogP contribution in [0.5, 0.6) is 0 Å². The van der Waals surface area contributed by atoms with E-state index in [-0.39, 0.29) is 23.8 Å². The zero-order valence-electron chi connectivity index (χ0n) is 8.99. The van der Waals surface area contributed by atoms with Crippen molar-refractivity contribution in [2.45, 2.75) is 19.4 Å². The van der Waals surface area contributed by atoms with Gasteiger partial charge in [0.2, 0.25) is 11.8 Å². The Labute approximate surface area is 89.1 Å². The fourth-order valence-corrected chi connectivity index (χ4v) is 2.78. The van der Waals surface area contributed by atoms with Crippen LogP contribution in [0.15, 0.2) is 12.2 Å². The minimum Gasteiger partial charge on any atom is -0.359 e. The molecule has 0 heterocycles. The molecule has 2 amide bonds. The summed E-state index contributed by atoms with van der Waals surface area (Å²) in [6.45, 7) is 1.50. The summed E-state index contributed by atoms with van der Waals surface area (Å²) in [6, 6.07) is -0.0163. The van der Waals surface area contributed by atoms with Gasteiger partial charge in [-0.25, -0.2) is 0 Å². The van der Waals surface area contributed by atoms with E-state index in [1.165, 1.54) is 6.92 Å². The van der Waals surface area contributed by atoms with Crippen LogP contribution >= 0.6 is 0 Å². The molecule has 0 aromatic heterocycles. The molecule has 2 aliphatic carbocycles. The quantitative estimate of drug-likeness (QED) is 0.630. The summed E-state index contributed by atoms with van der Waals surface area (Å²) < 4.78 is 0. The average Bonchev–Trinajstić information content (AvgIpc) is 2.76. The highest BCUT2D eigenvalue weighted by Crippen LogP contribution is 2.43. The second-order valence-electron chi connectivity index (χ2n) is 4.31. The zero-order valence-corrected chi connectivity index (χ0v) is 8.99. The molecule has 2 N–H and O–H groups in total. The average molecular weight is 208 g/mol. The van der Waals surface area contributed by atoms with E-state index in [9.17, 15) is 9.59 Å². The third kappa shape index (κ3) is 1.64. The molecule has 0 aromatic rings. The molecule has 1 fully saturated rings. The Bertz CT molecular complexity index is 325. The summed E-state index contributed by atoms with van der Waals surface area (Å²) in [5.41, 5.74) is 0. The second kappa shape index (κ2) is 3.68. The molecule has 0 aliphatic heterocycles. The standard InChI is InChI=1S/C11H16N2O2/c1-6(14)13-10-8-4-3-7(5-8)9(10)11(15)12-2/h3-4,7-10H,5H2,1-2H3,(H,12,15)(H,13,14)/t7-,8+,9+,10-/m1/s1. The van der Waals surface area contributed by atoms with E-state index in [1.807, 2.05) is 0 Å². The van der Waals surface area contributed by atoms with Gasteiger partial charge < -0.3 is 10.6 Å². The van der Waals surface area contributed by atoms with Gasteiger partial charge in [0.15, 0.2) is 0 Å². The molecule has 15 heavy (non-hydrogen) atoms. The largest absolute Gasteiger partial charge is 0.359 e. The number of hydrogen-bond acceptors (Lipinski definition) is 2. The van der Waals surface area contributed by atoms with Crippen LogP contribution in [0.4, 0.5) is 0 Å². The maximum Gasteiger partial charge on any atom is 0.225 e. The van der Waals surface area contributed by atoms with Crippen LogP contribution in [-0.4, -0.2) is 24.9 Å². The first-order chi connectivity index (χ1) is 7.13. The molecule has 0 radical (unpaired) electrons. The molecule has 2 aliphatic rings. The van der Waals surface area contributed by atoms with Gasteiger partial charge in [-0.3, -0.25) is 9.59 Å². The predicted octanol–water partition coefficient (Wildman–Crippen LogP) is 0.0592. The monoisotopic (exact) mass is 208 g/mol. The lowest BCUT2D eigenvalue weighted by Crippen LogP contribution is -2.47. The topological polar surface area (TPSA) is 58.2 Å². The summed E-state index contributed by atoms with van der Waals surface area (Å²) in [7, 11) is 1.64. The van der Waals surface area contributed by atoms with Gasteiger partial charge in [-0.15, -0.1) is 0 Å². The third-order valence-corrected chi connectivity index (χ3v) is 3.38. The summed E-state index contributed by atoms with van der Waals surface area (Å²) in [5, 5.41) is 5.56.